The predicted molar refractivity (Wildman–Crippen MR) is 134 cm³/mol. The first kappa shape index (κ1) is 24.0. The molecule has 180 valence electrons. The van der Waals surface area contributed by atoms with Crippen molar-refractivity contribution in [1.82, 2.24) is 20.9 Å². The minimum absolute atomic E-state index is 0.115. The van der Waals surface area contributed by atoms with Crippen LogP contribution < -0.4 is 20.7 Å². The Morgan fingerprint density at radius 1 is 0.943 bits per heavy atom. The van der Waals surface area contributed by atoms with Gasteiger partial charge in [0.15, 0.2) is 0 Å². The summed E-state index contributed by atoms with van der Waals surface area (Å²) in [5.41, 5.74) is 3.80. The third kappa shape index (κ3) is 5.17. The number of phenolic OH excluding ortho intramolecular Hbond substituents is 1. The summed E-state index contributed by atoms with van der Waals surface area (Å²) < 4.78 is 5.36. The van der Waals surface area contributed by atoms with Gasteiger partial charge >= 0.3 is 0 Å². The average Bonchev–Trinajstić information content (AvgIpc) is 3.30. The van der Waals surface area contributed by atoms with Gasteiger partial charge in [0.1, 0.15) is 11.5 Å². The van der Waals surface area contributed by atoms with Crippen LogP contribution in [0.25, 0.3) is 5.57 Å². The Labute approximate surface area is 204 Å². The molecule has 2 atom stereocenters. The largest absolute Gasteiger partial charge is 0.507 e. The van der Waals surface area contributed by atoms with Crippen LogP contribution in [0.1, 0.15) is 37.4 Å². The molecule has 8 heteroatoms. The van der Waals surface area contributed by atoms with Gasteiger partial charge in [0.25, 0.3) is 11.8 Å². The molecule has 1 fully saturated rings. The molecule has 0 aliphatic carbocycles. The van der Waals surface area contributed by atoms with Crippen molar-refractivity contribution in [3.05, 3.63) is 95.3 Å². The number of ether oxygens (including phenoxy) is 1. The topological polar surface area (TPSA) is 113 Å². The first-order chi connectivity index (χ1) is 16.9. The zero-order chi connectivity index (χ0) is 24.9. The third-order valence-electron chi connectivity index (χ3n) is 6.20. The predicted octanol–water partition coefficient (Wildman–Crippen LogP) is 2.67. The van der Waals surface area contributed by atoms with Gasteiger partial charge in [-0.2, -0.15) is 0 Å². The maximum Gasteiger partial charge on any atom is 0.251 e. The Kier molecular flexibility index (Phi) is 7.12. The molecule has 4 N–H and O–H groups in total. The minimum atomic E-state index is -0.251. The number of phenols is 1. The highest BCUT2D eigenvalue weighted by Crippen LogP contribution is 2.36. The standard InChI is InChI=1S/C27H28N4O4/c1-16(25-17(2)24(35-3)9-8-23(25)32)18-4-6-19(7-5-18)26(33)30-21-14-29-15-22(21)31-27(34)20-10-12-28-13-11-20/h4-13,21-22,29,32H,1,14-15H2,2-3H3,(H,30,33)(H,31,34)/t21-,22-/m1/s1. The number of amides is 2. The maximum absolute atomic E-state index is 12.9. The van der Waals surface area contributed by atoms with Crippen LogP contribution in [0.3, 0.4) is 0 Å². The van der Waals surface area contributed by atoms with E-state index in [9.17, 15) is 14.7 Å². The van der Waals surface area contributed by atoms with Gasteiger partial charge in [0.05, 0.1) is 19.2 Å². The number of rotatable bonds is 7. The summed E-state index contributed by atoms with van der Waals surface area (Å²) in [6.45, 7) is 7.12. The Morgan fingerprint density at radius 3 is 2.06 bits per heavy atom. The Balaban J connectivity index is 1.43. The van der Waals surface area contributed by atoms with Crippen molar-refractivity contribution in [2.75, 3.05) is 20.2 Å². The van der Waals surface area contributed by atoms with Crippen molar-refractivity contribution in [1.29, 1.82) is 0 Å². The zero-order valence-corrected chi connectivity index (χ0v) is 19.7. The van der Waals surface area contributed by atoms with Gasteiger partial charge < -0.3 is 25.8 Å². The molecule has 8 nitrogen and oxygen atoms in total. The van der Waals surface area contributed by atoms with Crippen molar-refractivity contribution in [2.24, 2.45) is 0 Å². The molecule has 1 aliphatic heterocycles. The Morgan fingerprint density at radius 2 is 1.49 bits per heavy atom. The van der Waals surface area contributed by atoms with Gasteiger partial charge in [-0.15, -0.1) is 0 Å². The molecule has 0 bridgehead atoms. The number of hydrogen-bond donors (Lipinski definition) is 4. The Bertz CT molecular complexity index is 1240. The van der Waals surface area contributed by atoms with Crippen LogP contribution in [0, 0.1) is 6.92 Å². The lowest BCUT2D eigenvalue weighted by molar-refractivity contribution is 0.0896. The molecule has 0 unspecified atom stereocenters. The monoisotopic (exact) mass is 472 g/mol. The molecule has 0 saturated carbocycles. The van der Waals surface area contributed by atoms with Gasteiger partial charge in [0, 0.05) is 47.7 Å². The summed E-state index contributed by atoms with van der Waals surface area (Å²) in [6, 6.07) is 13.1. The van der Waals surface area contributed by atoms with E-state index in [1.165, 1.54) is 0 Å². The van der Waals surface area contributed by atoms with Crippen molar-refractivity contribution < 1.29 is 19.4 Å². The number of nitrogens with zero attached hydrogens (tertiary/aromatic N) is 1. The number of hydrogen-bond acceptors (Lipinski definition) is 6. The molecule has 1 saturated heterocycles. The lowest BCUT2D eigenvalue weighted by Gasteiger charge is -2.21. The van der Waals surface area contributed by atoms with Crippen LogP contribution >= 0.6 is 0 Å². The second kappa shape index (κ2) is 10.4. The Hall–Kier alpha value is -4.17. The second-order valence-electron chi connectivity index (χ2n) is 8.40. The van der Waals surface area contributed by atoms with Crippen molar-refractivity contribution in [2.45, 2.75) is 19.0 Å². The molecule has 3 aromatic rings. The molecule has 2 heterocycles. The highest BCUT2D eigenvalue weighted by Gasteiger charge is 2.30. The molecule has 2 aromatic carbocycles. The number of aromatic nitrogens is 1. The van der Waals surface area contributed by atoms with E-state index in [1.807, 2.05) is 6.92 Å². The normalized spacial score (nSPS) is 17.0. The minimum Gasteiger partial charge on any atom is -0.507 e. The van der Waals surface area contributed by atoms with Crippen molar-refractivity contribution in [3.8, 4) is 11.5 Å². The van der Waals surface area contributed by atoms with E-state index >= 15 is 0 Å². The van der Waals surface area contributed by atoms with Crippen LogP contribution in [-0.4, -0.2) is 54.2 Å². The number of benzene rings is 2. The highest BCUT2D eigenvalue weighted by molar-refractivity contribution is 5.96. The van der Waals surface area contributed by atoms with Crippen LogP contribution in [0.4, 0.5) is 0 Å². The van der Waals surface area contributed by atoms with Crippen LogP contribution in [0.15, 0.2) is 67.5 Å². The van der Waals surface area contributed by atoms with E-state index in [-0.39, 0.29) is 29.6 Å². The van der Waals surface area contributed by atoms with Crippen LogP contribution in [0.2, 0.25) is 0 Å². The number of methoxy groups -OCH3 is 1. The van der Waals surface area contributed by atoms with Gasteiger partial charge in [-0.25, -0.2) is 0 Å². The molecule has 1 aromatic heterocycles. The fourth-order valence-electron chi connectivity index (χ4n) is 4.24. The zero-order valence-electron chi connectivity index (χ0n) is 19.7. The summed E-state index contributed by atoms with van der Waals surface area (Å²) >= 11 is 0. The molecule has 0 radical (unpaired) electrons. The molecule has 35 heavy (non-hydrogen) atoms. The molecule has 1 aliphatic rings. The van der Waals surface area contributed by atoms with E-state index < -0.39 is 0 Å². The van der Waals surface area contributed by atoms with E-state index in [0.29, 0.717) is 41.1 Å². The molecule has 2 amide bonds. The average molecular weight is 473 g/mol. The lowest BCUT2D eigenvalue weighted by atomic mass is 9.93. The first-order valence-electron chi connectivity index (χ1n) is 11.3. The highest BCUT2D eigenvalue weighted by atomic mass is 16.5. The number of pyridine rings is 1. The quantitative estimate of drug-likeness (QED) is 0.421. The summed E-state index contributed by atoms with van der Waals surface area (Å²) in [5.74, 6) is 0.327. The maximum atomic E-state index is 12.9. The van der Waals surface area contributed by atoms with Gasteiger partial charge in [-0.05, 0) is 54.5 Å². The lowest BCUT2D eigenvalue weighted by Crippen LogP contribution is -2.51. The number of aromatic hydroxyl groups is 1. The summed E-state index contributed by atoms with van der Waals surface area (Å²) in [4.78, 5) is 29.3. The van der Waals surface area contributed by atoms with Gasteiger partial charge in [-0.1, -0.05) is 18.7 Å². The van der Waals surface area contributed by atoms with Gasteiger partial charge in [0.2, 0.25) is 0 Å². The fourth-order valence-corrected chi connectivity index (χ4v) is 4.24. The molecule has 4 rings (SSSR count). The van der Waals surface area contributed by atoms with E-state index in [2.05, 4.69) is 27.5 Å². The van der Waals surface area contributed by atoms with Crippen molar-refractivity contribution in [3.63, 3.8) is 0 Å². The first-order valence-corrected chi connectivity index (χ1v) is 11.3. The molecular formula is C27H28N4O4. The number of nitrogens with one attached hydrogen (secondary N) is 3. The second-order valence-corrected chi connectivity index (χ2v) is 8.40. The molecular weight excluding hydrogens is 444 g/mol. The van der Waals surface area contributed by atoms with E-state index in [1.54, 1.807) is 68.0 Å². The summed E-state index contributed by atoms with van der Waals surface area (Å²) in [6.07, 6.45) is 3.13. The molecule has 0 spiro atoms. The van der Waals surface area contributed by atoms with Gasteiger partial charge in [-0.3, -0.25) is 14.6 Å². The SMILES string of the molecule is C=C(c1ccc(C(=O)N[C@@H]2CNC[C@H]2NC(=O)c2ccncc2)cc1)c1c(O)ccc(OC)c1C. The smallest absolute Gasteiger partial charge is 0.251 e. The third-order valence-corrected chi connectivity index (χ3v) is 6.20. The number of carbonyl (C=O) groups excluding carboxylic acids is 2. The number of carbonyl (C=O) groups is 2. The van der Waals surface area contributed by atoms with Crippen LogP contribution in [-0.2, 0) is 0 Å². The van der Waals surface area contributed by atoms with Crippen molar-refractivity contribution >= 4 is 17.4 Å². The summed E-state index contributed by atoms with van der Waals surface area (Å²) in [7, 11) is 1.58. The fraction of sp³-hybridized carbons (Fsp3) is 0.222. The van der Waals surface area contributed by atoms with Crippen LogP contribution in [0.5, 0.6) is 11.5 Å². The van der Waals surface area contributed by atoms with E-state index in [4.69, 9.17) is 4.74 Å². The summed E-state index contributed by atoms with van der Waals surface area (Å²) in [5, 5.41) is 19.6. The van der Waals surface area contributed by atoms with E-state index in [0.717, 1.165) is 11.1 Å².